The molecule has 1 aromatic rings. The van der Waals surface area contributed by atoms with Gasteiger partial charge < -0.3 is 10.6 Å². The Balaban J connectivity index is 1.66. The number of hydrogen-bond donors (Lipinski definition) is 2. The molecule has 0 bridgehead atoms. The van der Waals surface area contributed by atoms with Crippen molar-refractivity contribution in [2.45, 2.75) is 56.6 Å². The number of amides is 1. The first-order valence-electron chi connectivity index (χ1n) is 7.38. The quantitative estimate of drug-likeness (QED) is 0.724. The minimum Gasteiger partial charge on any atom is -0.354 e. The molecule has 3 nitrogen and oxygen atoms in total. The zero-order valence-corrected chi connectivity index (χ0v) is 13.1. The summed E-state index contributed by atoms with van der Waals surface area (Å²) in [5.74, 6) is 0.968. The molecule has 0 unspecified atom stereocenters. The summed E-state index contributed by atoms with van der Waals surface area (Å²) < 4.78 is 0. The largest absolute Gasteiger partial charge is 0.354 e. The predicted octanol–water partition coefficient (Wildman–Crippen LogP) is 2.95. The second-order valence-electron chi connectivity index (χ2n) is 5.62. The van der Waals surface area contributed by atoms with Gasteiger partial charge in [-0.15, -0.1) is 11.8 Å². The van der Waals surface area contributed by atoms with Gasteiger partial charge in [0.2, 0.25) is 5.91 Å². The Morgan fingerprint density at radius 1 is 1.30 bits per heavy atom. The lowest BCUT2D eigenvalue weighted by Crippen LogP contribution is -2.30. The van der Waals surface area contributed by atoms with Gasteiger partial charge in [-0.25, -0.2) is 0 Å². The van der Waals surface area contributed by atoms with E-state index in [2.05, 4.69) is 34.9 Å². The molecular formula is C16H24N2OS. The van der Waals surface area contributed by atoms with Crippen LogP contribution in [-0.2, 0) is 11.3 Å². The molecular weight excluding hydrogens is 268 g/mol. The summed E-state index contributed by atoms with van der Waals surface area (Å²) in [6.07, 6.45) is 3.23. The molecule has 0 saturated heterocycles. The Bertz CT molecular complexity index is 427. The zero-order valence-electron chi connectivity index (χ0n) is 12.3. The summed E-state index contributed by atoms with van der Waals surface area (Å²) in [4.78, 5) is 12.8. The minimum absolute atomic E-state index is 0.137. The van der Waals surface area contributed by atoms with Crippen molar-refractivity contribution in [2.75, 3.05) is 5.75 Å². The molecule has 1 aliphatic rings. The van der Waals surface area contributed by atoms with Crippen LogP contribution in [0.4, 0.5) is 0 Å². The van der Waals surface area contributed by atoms with Crippen molar-refractivity contribution in [3.8, 4) is 0 Å². The van der Waals surface area contributed by atoms with Crippen molar-refractivity contribution in [1.29, 1.82) is 0 Å². The lowest BCUT2D eigenvalue weighted by Gasteiger charge is -2.08. The zero-order chi connectivity index (χ0) is 14.4. The Hall–Kier alpha value is -1.00. The third-order valence-corrected chi connectivity index (χ3v) is 4.16. The number of carbonyl (C=O) groups excluding carboxylic acids is 1. The van der Waals surface area contributed by atoms with Crippen LogP contribution in [0.15, 0.2) is 29.2 Å². The fourth-order valence-electron chi connectivity index (χ4n) is 1.91. The molecule has 2 N–H and O–H groups in total. The first kappa shape index (κ1) is 15.4. The van der Waals surface area contributed by atoms with Crippen LogP contribution >= 0.6 is 11.8 Å². The van der Waals surface area contributed by atoms with Crippen LogP contribution in [0.25, 0.3) is 0 Å². The van der Waals surface area contributed by atoms with Gasteiger partial charge in [0, 0.05) is 35.7 Å². The maximum Gasteiger partial charge on any atom is 0.221 e. The normalized spacial score (nSPS) is 14.6. The summed E-state index contributed by atoms with van der Waals surface area (Å²) in [6.45, 7) is 4.94. The van der Waals surface area contributed by atoms with Crippen LogP contribution in [0.1, 0.15) is 38.7 Å². The highest BCUT2D eigenvalue weighted by Gasteiger charge is 2.19. The van der Waals surface area contributed by atoms with Crippen molar-refractivity contribution in [2.24, 2.45) is 0 Å². The number of hydrogen-bond acceptors (Lipinski definition) is 3. The number of nitrogens with one attached hydrogen (secondary N) is 2. The highest BCUT2D eigenvalue weighted by atomic mass is 32.2. The molecule has 0 radical (unpaired) electrons. The summed E-state index contributed by atoms with van der Waals surface area (Å²) in [5, 5.41) is 6.42. The van der Waals surface area contributed by atoms with E-state index < -0.39 is 0 Å². The molecule has 1 aliphatic carbocycles. The van der Waals surface area contributed by atoms with E-state index in [9.17, 15) is 4.79 Å². The monoisotopic (exact) mass is 292 g/mol. The highest BCUT2D eigenvalue weighted by Crippen LogP contribution is 2.21. The van der Waals surface area contributed by atoms with Gasteiger partial charge in [-0.2, -0.15) is 0 Å². The first-order chi connectivity index (χ1) is 9.63. The van der Waals surface area contributed by atoms with E-state index in [-0.39, 0.29) is 11.9 Å². The van der Waals surface area contributed by atoms with Crippen LogP contribution in [0.2, 0.25) is 0 Å². The molecule has 1 saturated carbocycles. The van der Waals surface area contributed by atoms with Gasteiger partial charge in [0.15, 0.2) is 0 Å². The summed E-state index contributed by atoms with van der Waals surface area (Å²) in [5.41, 5.74) is 1.33. The lowest BCUT2D eigenvalue weighted by atomic mass is 10.2. The fraction of sp³-hybridized carbons (Fsp3) is 0.562. The van der Waals surface area contributed by atoms with Crippen LogP contribution in [-0.4, -0.2) is 23.7 Å². The highest BCUT2D eigenvalue weighted by molar-refractivity contribution is 7.99. The van der Waals surface area contributed by atoms with Gasteiger partial charge in [-0.05, 0) is 44.4 Å². The van der Waals surface area contributed by atoms with E-state index in [1.165, 1.54) is 23.3 Å². The maximum absolute atomic E-state index is 11.5. The number of carbonyl (C=O) groups is 1. The smallest absolute Gasteiger partial charge is 0.221 e. The molecule has 20 heavy (non-hydrogen) atoms. The summed E-state index contributed by atoms with van der Waals surface area (Å²) in [7, 11) is 0. The Labute approximate surface area is 125 Å². The molecule has 1 amide bonds. The van der Waals surface area contributed by atoms with Crippen LogP contribution in [0, 0.1) is 0 Å². The van der Waals surface area contributed by atoms with Crippen LogP contribution < -0.4 is 10.6 Å². The van der Waals surface area contributed by atoms with E-state index in [0.717, 1.165) is 18.3 Å². The average molecular weight is 292 g/mol. The van der Waals surface area contributed by atoms with E-state index in [1.807, 2.05) is 13.8 Å². The number of benzene rings is 1. The molecule has 1 aromatic carbocycles. The van der Waals surface area contributed by atoms with Gasteiger partial charge in [0.1, 0.15) is 0 Å². The molecule has 1 fully saturated rings. The number of thioether (sulfide) groups is 1. The third-order valence-electron chi connectivity index (χ3n) is 3.14. The lowest BCUT2D eigenvalue weighted by molar-refractivity contribution is -0.121. The van der Waals surface area contributed by atoms with Gasteiger partial charge in [-0.1, -0.05) is 12.1 Å². The van der Waals surface area contributed by atoms with E-state index in [4.69, 9.17) is 0 Å². The standard InChI is InChI=1S/C16H24N2OS/c1-12(2)18-16(19)9-10-20-15-7-3-13(4-8-15)11-17-14-5-6-14/h3-4,7-8,12,14,17H,5-6,9-11H2,1-2H3,(H,18,19). The molecule has 0 spiro atoms. The average Bonchev–Trinajstić information content (AvgIpc) is 3.21. The Morgan fingerprint density at radius 3 is 2.60 bits per heavy atom. The van der Waals surface area contributed by atoms with Crippen molar-refractivity contribution in [3.63, 3.8) is 0 Å². The molecule has 110 valence electrons. The van der Waals surface area contributed by atoms with Crippen molar-refractivity contribution >= 4 is 17.7 Å². The van der Waals surface area contributed by atoms with Gasteiger partial charge in [0.25, 0.3) is 0 Å². The third kappa shape index (κ3) is 5.97. The molecule has 2 rings (SSSR count). The molecule has 4 heteroatoms. The first-order valence-corrected chi connectivity index (χ1v) is 8.36. The predicted molar refractivity (Wildman–Crippen MR) is 84.9 cm³/mol. The van der Waals surface area contributed by atoms with Crippen LogP contribution in [0.3, 0.4) is 0 Å². The van der Waals surface area contributed by atoms with Crippen molar-refractivity contribution in [3.05, 3.63) is 29.8 Å². The summed E-state index contributed by atoms with van der Waals surface area (Å²) >= 11 is 1.74. The SMILES string of the molecule is CC(C)NC(=O)CCSc1ccc(CNC2CC2)cc1. The maximum atomic E-state index is 11.5. The Morgan fingerprint density at radius 2 is 2.00 bits per heavy atom. The Kier molecular flexibility index (Phi) is 5.92. The molecule has 0 aliphatic heterocycles. The molecule has 0 aromatic heterocycles. The number of rotatable bonds is 8. The van der Waals surface area contributed by atoms with Crippen LogP contribution in [0.5, 0.6) is 0 Å². The topological polar surface area (TPSA) is 41.1 Å². The van der Waals surface area contributed by atoms with Gasteiger partial charge in [0.05, 0.1) is 0 Å². The molecule has 0 heterocycles. The summed E-state index contributed by atoms with van der Waals surface area (Å²) in [6, 6.07) is 9.62. The van der Waals surface area contributed by atoms with Gasteiger partial charge >= 0.3 is 0 Å². The van der Waals surface area contributed by atoms with E-state index in [0.29, 0.717) is 6.42 Å². The van der Waals surface area contributed by atoms with Crippen molar-refractivity contribution < 1.29 is 4.79 Å². The minimum atomic E-state index is 0.137. The van der Waals surface area contributed by atoms with E-state index in [1.54, 1.807) is 11.8 Å². The fourth-order valence-corrected chi connectivity index (χ4v) is 2.76. The second kappa shape index (κ2) is 7.70. The van der Waals surface area contributed by atoms with Gasteiger partial charge in [-0.3, -0.25) is 4.79 Å². The molecule has 0 atom stereocenters. The second-order valence-corrected chi connectivity index (χ2v) is 6.79. The van der Waals surface area contributed by atoms with Crippen molar-refractivity contribution in [1.82, 2.24) is 10.6 Å². The van der Waals surface area contributed by atoms with E-state index >= 15 is 0 Å².